The summed E-state index contributed by atoms with van der Waals surface area (Å²) in [6.07, 6.45) is 2.14. The highest BCUT2D eigenvalue weighted by atomic mass is 32.1. The average Bonchev–Trinajstić information content (AvgIpc) is 2.76. The molecule has 1 heterocycles. The molecule has 3 N–H and O–H groups in total. The molecule has 1 saturated heterocycles. The van der Waals surface area contributed by atoms with Gasteiger partial charge in [0.2, 0.25) is 0 Å². The summed E-state index contributed by atoms with van der Waals surface area (Å²) >= 11 is 5.09. The van der Waals surface area contributed by atoms with E-state index in [1.807, 2.05) is 12.1 Å². The fourth-order valence-electron chi connectivity index (χ4n) is 2.43. The molecule has 0 amide bonds. The Morgan fingerprint density at radius 1 is 1.59 bits per heavy atom. The highest BCUT2D eigenvalue weighted by molar-refractivity contribution is 7.80. The van der Waals surface area contributed by atoms with E-state index in [9.17, 15) is 5.11 Å². The Kier molecular flexibility index (Phi) is 3.64. The molecule has 92 valence electrons. The Morgan fingerprint density at radius 3 is 3.00 bits per heavy atom. The molecular formula is C13H18N2OS. The van der Waals surface area contributed by atoms with Gasteiger partial charge in [-0.3, -0.25) is 0 Å². The lowest BCUT2D eigenvalue weighted by atomic mass is 10.1. The predicted octanol–water partition coefficient (Wildman–Crippen LogP) is 1.59. The topological polar surface area (TPSA) is 49.5 Å². The van der Waals surface area contributed by atoms with Crippen LogP contribution in [0.5, 0.6) is 0 Å². The summed E-state index contributed by atoms with van der Waals surface area (Å²) in [7, 11) is 0. The molecule has 0 aromatic heterocycles. The van der Waals surface area contributed by atoms with Crippen molar-refractivity contribution in [3.05, 3.63) is 29.3 Å². The summed E-state index contributed by atoms with van der Waals surface area (Å²) in [6.45, 7) is 3.20. The number of hydrogen-bond donors (Lipinski definition) is 2. The minimum absolute atomic E-state index is 0.185. The Balaban J connectivity index is 2.42. The standard InChI is InChI=1S/C13H18N2OS/c1-9-4-5-11(13(14)17)12(7-9)15-6-2-3-10(15)8-16/h4-5,7,10,16H,2-3,6,8H2,1H3,(H2,14,17). The molecule has 1 aromatic carbocycles. The number of rotatable bonds is 3. The van der Waals surface area contributed by atoms with Crippen molar-refractivity contribution in [2.45, 2.75) is 25.8 Å². The zero-order valence-electron chi connectivity index (χ0n) is 10.0. The summed E-state index contributed by atoms with van der Waals surface area (Å²) in [5.41, 5.74) is 8.92. The number of aryl methyl sites for hydroxylation is 1. The highest BCUT2D eigenvalue weighted by Crippen LogP contribution is 2.29. The third-order valence-corrected chi connectivity index (χ3v) is 3.54. The molecule has 0 aliphatic carbocycles. The Labute approximate surface area is 107 Å². The van der Waals surface area contributed by atoms with E-state index < -0.39 is 0 Å². The molecule has 1 fully saturated rings. The van der Waals surface area contributed by atoms with Gasteiger partial charge in [0, 0.05) is 17.8 Å². The molecule has 1 atom stereocenters. The van der Waals surface area contributed by atoms with Gasteiger partial charge in [0.15, 0.2) is 0 Å². The molecule has 0 saturated carbocycles. The number of aliphatic hydroxyl groups excluding tert-OH is 1. The van der Waals surface area contributed by atoms with Crippen LogP contribution in [0.25, 0.3) is 0 Å². The molecule has 3 nitrogen and oxygen atoms in total. The van der Waals surface area contributed by atoms with Crippen molar-refractivity contribution in [2.75, 3.05) is 18.1 Å². The van der Waals surface area contributed by atoms with Gasteiger partial charge in [-0.2, -0.15) is 0 Å². The number of nitrogens with zero attached hydrogens (tertiary/aromatic N) is 1. The first kappa shape index (κ1) is 12.3. The van der Waals surface area contributed by atoms with Crippen LogP contribution < -0.4 is 10.6 Å². The van der Waals surface area contributed by atoms with Crippen molar-refractivity contribution in [3.8, 4) is 0 Å². The minimum atomic E-state index is 0.185. The van der Waals surface area contributed by atoms with E-state index in [0.717, 1.165) is 30.6 Å². The van der Waals surface area contributed by atoms with E-state index in [4.69, 9.17) is 18.0 Å². The van der Waals surface area contributed by atoms with Gasteiger partial charge < -0.3 is 15.7 Å². The lowest BCUT2D eigenvalue weighted by molar-refractivity contribution is 0.266. The highest BCUT2D eigenvalue weighted by Gasteiger charge is 2.26. The van der Waals surface area contributed by atoms with E-state index >= 15 is 0 Å². The third-order valence-electron chi connectivity index (χ3n) is 3.32. The van der Waals surface area contributed by atoms with Gasteiger partial charge in [-0.25, -0.2) is 0 Å². The second-order valence-electron chi connectivity index (χ2n) is 4.56. The molecule has 2 rings (SSSR count). The van der Waals surface area contributed by atoms with Crippen molar-refractivity contribution < 1.29 is 5.11 Å². The Morgan fingerprint density at radius 2 is 2.35 bits per heavy atom. The smallest absolute Gasteiger partial charge is 0.106 e. The van der Waals surface area contributed by atoms with Gasteiger partial charge in [-0.1, -0.05) is 18.3 Å². The van der Waals surface area contributed by atoms with Crippen LogP contribution in [0.2, 0.25) is 0 Å². The summed E-state index contributed by atoms with van der Waals surface area (Å²) < 4.78 is 0. The summed E-state index contributed by atoms with van der Waals surface area (Å²) in [4.78, 5) is 2.64. The van der Waals surface area contributed by atoms with Crippen LogP contribution in [-0.4, -0.2) is 29.3 Å². The van der Waals surface area contributed by atoms with E-state index in [-0.39, 0.29) is 12.6 Å². The molecule has 17 heavy (non-hydrogen) atoms. The zero-order valence-corrected chi connectivity index (χ0v) is 10.8. The van der Waals surface area contributed by atoms with Crippen LogP contribution in [0.1, 0.15) is 24.0 Å². The maximum absolute atomic E-state index is 9.39. The molecular weight excluding hydrogens is 232 g/mol. The molecule has 1 aliphatic heterocycles. The molecule has 1 aliphatic rings. The molecule has 0 spiro atoms. The van der Waals surface area contributed by atoms with Gasteiger partial charge in [-0.15, -0.1) is 0 Å². The third kappa shape index (κ3) is 2.42. The number of benzene rings is 1. The second kappa shape index (κ2) is 5.02. The van der Waals surface area contributed by atoms with Crippen LogP contribution in [0.4, 0.5) is 5.69 Å². The quantitative estimate of drug-likeness (QED) is 0.800. The first-order valence-electron chi connectivity index (χ1n) is 5.91. The van der Waals surface area contributed by atoms with Crippen molar-refractivity contribution in [1.82, 2.24) is 0 Å². The molecule has 4 heteroatoms. The molecule has 0 bridgehead atoms. The van der Waals surface area contributed by atoms with Gasteiger partial charge in [0.05, 0.1) is 12.6 Å². The number of thiocarbonyl (C=S) groups is 1. The van der Waals surface area contributed by atoms with E-state index in [2.05, 4.69) is 17.9 Å². The van der Waals surface area contributed by atoms with Crippen molar-refractivity contribution in [1.29, 1.82) is 0 Å². The zero-order chi connectivity index (χ0) is 12.4. The van der Waals surface area contributed by atoms with E-state index in [1.54, 1.807) is 0 Å². The van der Waals surface area contributed by atoms with Crippen LogP contribution in [0, 0.1) is 6.92 Å². The SMILES string of the molecule is Cc1ccc(C(N)=S)c(N2CCCC2CO)c1. The van der Waals surface area contributed by atoms with Crippen molar-refractivity contribution in [3.63, 3.8) is 0 Å². The van der Waals surface area contributed by atoms with E-state index in [1.165, 1.54) is 5.56 Å². The molecule has 1 aromatic rings. The van der Waals surface area contributed by atoms with Crippen LogP contribution >= 0.6 is 12.2 Å². The maximum Gasteiger partial charge on any atom is 0.106 e. The van der Waals surface area contributed by atoms with E-state index in [0.29, 0.717) is 4.99 Å². The minimum Gasteiger partial charge on any atom is -0.394 e. The fraction of sp³-hybridized carbons (Fsp3) is 0.462. The van der Waals surface area contributed by atoms with Crippen molar-refractivity contribution >= 4 is 22.9 Å². The fourth-order valence-corrected chi connectivity index (χ4v) is 2.60. The van der Waals surface area contributed by atoms with Crippen LogP contribution in [-0.2, 0) is 0 Å². The first-order chi connectivity index (χ1) is 8.13. The number of nitrogens with two attached hydrogens (primary N) is 1. The molecule has 0 radical (unpaired) electrons. The number of aliphatic hydroxyl groups is 1. The normalized spacial score (nSPS) is 19.6. The summed E-state index contributed by atoms with van der Waals surface area (Å²) in [5.74, 6) is 0. The molecule has 1 unspecified atom stereocenters. The maximum atomic E-state index is 9.39. The predicted molar refractivity (Wildman–Crippen MR) is 74.5 cm³/mol. The summed E-state index contributed by atoms with van der Waals surface area (Å²) in [5, 5.41) is 9.39. The van der Waals surface area contributed by atoms with Crippen LogP contribution in [0.15, 0.2) is 18.2 Å². The second-order valence-corrected chi connectivity index (χ2v) is 5.00. The lowest BCUT2D eigenvalue weighted by Crippen LogP contribution is -2.33. The van der Waals surface area contributed by atoms with Gasteiger partial charge in [0.25, 0.3) is 0 Å². The van der Waals surface area contributed by atoms with Crippen LogP contribution in [0.3, 0.4) is 0 Å². The number of anilines is 1. The number of hydrogen-bond acceptors (Lipinski definition) is 3. The van der Waals surface area contributed by atoms with Gasteiger partial charge >= 0.3 is 0 Å². The largest absolute Gasteiger partial charge is 0.394 e. The average molecular weight is 250 g/mol. The Bertz CT molecular complexity index is 433. The summed E-state index contributed by atoms with van der Waals surface area (Å²) in [6, 6.07) is 6.29. The first-order valence-corrected chi connectivity index (χ1v) is 6.32. The van der Waals surface area contributed by atoms with Gasteiger partial charge in [0.1, 0.15) is 4.99 Å². The Hall–Kier alpha value is -1.13. The van der Waals surface area contributed by atoms with Crippen molar-refractivity contribution in [2.24, 2.45) is 5.73 Å². The van der Waals surface area contributed by atoms with Gasteiger partial charge in [-0.05, 0) is 37.5 Å². The lowest BCUT2D eigenvalue weighted by Gasteiger charge is -2.27. The monoisotopic (exact) mass is 250 g/mol.